The Bertz CT molecular complexity index is 1020. The molecule has 1 N–H and O–H groups in total. The number of aromatic nitrogens is 4. The monoisotopic (exact) mass is 398 g/mol. The van der Waals surface area contributed by atoms with Crippen molar-refractivity contribution in [2.75, 3.05) is 5.32 Å². The fourth-order valence-electron chi connectivity index (χ4n) is 2.47. The number of aryl methyl sites for hydroxylation is 1. The number of anilines is 1. The number of carbonyl (C=O) groups excluding carboxylic acids is 1. The van der Waals surface area contributed by atoms with E-state index in [2.05, 4.69) is 20.5 Å². The van der Waals surface area contributed by atoms with E-state index in [1.165, 1.54) is 23.9 Å². The highest BCUT2D eigenvalue weighted by atomic mass is 32.2. The van der Waals surface area contributed by atoms with Gasteiger partial charge in [0.05, 0.1) is 15.9 Å². The zero-order chi connectivity index (χ0) is 20.3. The predicted octanol–water partition coefficient (Wildman–Crippen LogP) is 3.21. The van der Waals surface area contributed by atoms with Gasteiger partial charge >= 0.3 is 0 Å². The van der Waals surface area contributed by atoms with Crippen LogP contribution in [0.3, 0.4) is 0 Å². The number of rotatable bonds is 6. The zero-order valence-electron chi connectivity index (χ0n) is 15.5. The molecule has 0 aliphatic heterocycles. The number of hydrogen-bond donors (Lipinski definition) is 1. The van der Waals surface area contributed by atoms with E-state index in [1.807, 2.05) is 19.2 Å². The number of nitro benzene ring substituents is 1. The highest BCUT2D eigenvalue weighted by Crippen LogP contribution is 2.27. The lowest BCUT2D eigenvalue weighted by Gasteiger charge is -2.13. The van der Waals surface area contributed by atoms with Gasteiger partial charge in [-0.05, 0) is 31.5 Å². The molecular weight excluding hydrogens is 380 g/mol. The van der Waals surface area contributed by atoms with Gasteiger partial charge in [0.25, 0.3) is 5.69 Å². The van der Waals surface area contributed by atoms with Crippen molar-refractivity contribution in [3.05, 3.63) is 58.4 Å². The third-order valence-electron chi connectivity index (χ3n) is 4.10. The first kappa shape index (κ1) is 19.5. The Morgan fingerprint density at radius 1 is 1.32 bits per heavy atom. The maximum Gasteiger partial charge on any atom is 0.271 e. The van der Waals surface area contributed by atoms with E-state index in [1.54, 1.807) is 36.9 Å². The molecule has 3 rings (SSSR count). The predicted molar refractivity (Wildman–Crippen MR) is 106 cm³/mol. The first-order valence-electron chi connectivity index (χ1n) is 8.39. The summed E-state index contributed by atoms with van der Waals surface area (Å²) in [4.78, 5) is 27.1. The number of thioether (sulfide) groups is 1. The molecule has 0 bridgehead atoms. The Kier molecular flexibility index (Phi) is 5.69. The number of pyridine rings is 1. The van der Waals surface area contributed by atoms with Crippen LogP contribution in [-0.4, -0.2) is 35.8 Å². The van der Waals surface area contributed by atoms with Crippen LogP contribution in [0, 0.1) is 17.0 Å². The van der Waals surface area contributed by atoms with E-state index in [4.69, 9.17) is 0 Å². The molecule has 10 heteroatoms. The summed E-state index contributed by atoms with van der Waals surface area (Å²) in [7, 11) is 1.82. The van der Waals surface area contributed by atoms with E-state index in [9.17, 15) is 14.9 Å². The van der Waals surface area contributed by atoms with Crippen molar-refractivity contribution in [2.24, 2.45) is 7.05 Å². The number of nitrogens with one attached hydrogen (secondary N) is 1. The molecule has 0 unspecified atom stereocenters. The number of non-ortho nitro benzene ring substituents is 1. The smallest absolute Gasteiger partial charge is 0.271 e. The molecule has 0 saturated heterocycles. The lowest BCUT2D eigenvalue weighted by Crippen LogP contribution is -2.23. The molecule has 0 aliphatic carbocycles. The summed E-state index contributed by atoms with van der Waals surface area (Å²) in [5.74, 6) is 0.372. The van der Waals surface area contributed by atoms with E-state index in [-0.39, 0.29) is 11.6 Å². The highest BCUT2D eigenvalue weighted by molar-refractivity contribution is 8.00. The third-order valence-corrected chi connectivity index (χ3v) is 5.23. The van der Waals surface area contributed by atoms with Crippen molar-refractivity contribution >= 4 is 29.0 Å². The molecule has 0 saturated carbocycles. The molecule has 0 fully saturated rings. The summed E-state index contributed by atoms with van der Waals surface area (Å²) in [6.07, 6.45) is 3.37. The Morgan fingerprint density at radius 2 is 2.11 bits per heavy atom. The average Bonchev–Trinajstić information content (AvgIpc) is 3.04. The summed E-state index contributed by atoms with van der Waals surface area (Å²) in [5, 5.41) is 22.1. The van der Waals surface area contributed by atoms with Gasteiger partial charge in [0, 0.05) is 37.1 Å². The number of amides is 1. The minimum Gasteiger partial charge on any atom is -0.325 e. The maximum atomic E-state index is 12.6. The van der Waals surface area contributed by atoms with Crippen molar-refractivity contribution in [3.8, 4) is 11.4 Å². The first-order valence-corrected chi connectivity index (χ1v) is 9.27. The Balaban J connectivity index is 1.73. The van der Waals surface area contributed by atoms with Crippen molar-refractivity contribution in [1.29, 1.82) is 0 Å². The average molecular weight is 398 g/mol. The molecule has 1 atom stereocenters. The molecule has 3 aromatic rings. The van der Waals surface area contributed by atoms with Crippen LogP contribution < -0.4 is 5.32 Å². The molecule has 0 aliphatic rings. The zero-order valence-corrected chi connectivity index (χ0v) is 16.3. The number of carbonyl (C=O) groups is 1. The van der Waals surface area contributed by atoms with E-state index in [0.29, 0.717) is 16.7 Å². The summed E-state index contributed by atoms with van der Waals surface area (Å²) < 4.78 is 1.80. The van der Waals surface area contributed by atoms with Gasteiger partial charge in [-0.3, -0.25) is 19.9 Å². The summed E-state index contributed by atoms with van der Waals surface area (Å²) >= 11 is 1.25. The van der Waals surface area contributed by atoms with Gasteiger partial charge in [-0.2, -0.15) is 0 Å². The van der Waals surface area contributed by atoms with Crippen LogP contribution in [0.2, 0.25) is 0 Å². The van der Waals surface area contributed by atoms with Crippen molar-refractivity contribution in [2.45, 2.75) is 24.3 Å². The molecule has 2 aromatic heterocycles. The maximum absolute atomic E-state index is 12.6. The van der Waals surface area contributed by atoms with Crippen LogP contribution in [0.1, 0.15) is 12.5 Å². The molecule has 0 radical (unpaired) electrons. The largest absolute Gasteiger partial charge is 0.325 e. The van der Waals surface area contributed by atoms with Gasteiger partial charge in [0.15, 0.2) is 11.0 Å². The number of hydrogen-bond acceptors (Lipinski definition) is 7. The van der Waals surface area contributed by atoms with Crippen molar-refractivity contribution < 1.29 is 9.72 Å². The van der Waals surface area contributed by atoms with E-state index >= 15 is 0 Å². The van der Waals surface area contributed by atoms with Crippen LogP contribution in [0.15, 0.2) is 47.9 Å². The Morgan fingerprint density at radius 3 is 2.79 bits per heavy atom. The minimum atomic E-state index is -0.493. The van der Waals surface area contributed by atoms with Crippen molar-refractivity contribution in [1.82, 2.24) is 19.7 Å². The summed E-state index contributed by atoms with van der Waals surface area (Å²) in [6, 6.07) is 8.06. The van der Waals surface area contributed by atoms with Crippen LogP contribution in [-0.2, 0) is 11.8 Å². The molecule has 2 heterocycles. The molecule has 0 spiro atoms. The van der Waals surface area contributed by atoms with Gasteiger partial charge in [0.2, 0.25) is 5.91 Å². The normalized spacial score (nSPS) is 11.8. The standard InChI is InChI=1S/C18H18N6O3S/c1-11-6-7-14(24(26)27)9-15(11)20-17(25)12(2)28-18-22-21-16(23(18)3)13-5-4-8-19-10-13/h4-10,12H,1-3H3,(H,20,25)/t12-/m1/s1. The van der Waals surface area contributed by atoms with Gasteiger partial charge < -0.3 is 9.88 Å². The SMILES string of the molecule is Cc1ccc([N+](=O)[O-])cc1NC(=O)[C@@H](C)Sc1nnc(-c2cccnc2)n1C. The van der Waals surface area contributed by atoms with Crippen molar-refractivity contribution in [3.63, 3.8) is 0 Å². The van der Waals surface area contributed by atoms with E-state index in [0.717, 1.165) is 11.1 Å². The van der Waals surface area contributed by atoms with Gasteiger partial charge in [-0.15, -0.1) is 10.2 Å². The van der Waals surface area contributed by atoms with Gasteiger partial charge in [-0.25, -0.2) is 0 Å². The molecule has 28 heavy (non-hydrogen) atoms. The van der Waals surface area contributed by atoms with Crippen LogP contribution >= 0.6 is 11.8 Å². The fraction of sp³-hybridized carbons (Fsp3) is 0.222. The fourth-order valence-corrected chi connectivity index (χ4v) is 3.28. The lowest BCUT2D eigenvalue weighted by molar-refractivity contribution is -0.384. The third kappa shape index (κ3) is 4.17. The van der Waals surface area contributed by atoms with Crippen LogP contribution in [0.25, 0.3) is 11.4 Å². The molecular formula is C18H18N6O3S. The second-order valence-electron chi connectivity index (χ2n) is 6.11. The Hall–Kier alpha value is -3.27. The highest BCUT2D eigenvalue weighted by Gasteiger charge is 2.21. The number of benzene rings is 1. The molecule has 1 amide bonds. The van der Waals surface area contributed by atoms with E-state index < -0.39 is 10.2 Å². The van der Waals surface area contributed by atoms with Gasteiger partial charge in [-0.1, -0.05) is 17.8 Å². The molecule has 1 aromatic carbocycles. The minimum absolute atomic E-state index is 0.0735. The summed E-state index contributed by atoms with van der Waals surface area (Å²) in [6.45, 7) is 3.52. The number of nitrogens with zero attached hydrogens (tertiary/aromatic N) is 5. The Labute approximate surface area is 165 Å². The van der Waals surface area contributed by atoms with Crippen LogP contribution in [0.5, 0.6) is 0 Å². The molecule has 9 nitrogen and oxygen atoms in total. The quantitative estimate of drug-likeness (QED) is 0.385. The second-order valence-corrected chi connectivity index (χ2v) is 7.42. The topological polar surface area (TPSA) is 116 Å². The van der Waals surface area contributed by atoms with Crippen LogP contribution in [0.4, 0.5) is 11.4 Å². The molecule has 144 valence electrons. The summed E-state index contributed by atoms with van der Waals surface area (Å²) in [5.41, 5.74) is 1.92. The van der Waals surface area contributed by atoms with Gasteiger partial charge in [0.1, 0.15) is 0 Å². The first-order chi connectivity index (χ1) is 13.4. The second kappa shape index (κ2) is 8.17. The lowest BCUT2D eigenvalue weighted by atomic mass is 10.2. The number of nitro groups is 1.